The fourth-order valence-corrected chi connectivity index (χ4v) is 8.43. The molecule has 2 aromatic carbocycles. The molecule has 0 unspecified atom stereocenters. The Labute approximate surface area is 206 Å². The Morgan fingerprint density at radius 1 is 0.844 bits per heavy atom. The summed E-state index contributed by atoms with van der Waals surface area (Å²) in [6, 6.07) is 22.3. The van der Waals surface area contributed by atoms with E-state index < -0.39 is 28.7 Å². The molecular formula is C22H34O7PPdSi+. The van der Waals surface area contributed by atoms with Crippen molar-refractivity contribution >= 4 is 39.3 Å². The Balaban J connectivity index is 0. The smallest absolute Gasteiger partial charge is 0.481 e. The molecule has 0 aromatic heterocycles. The summed E-state index contributed by atoms with van der Waals surface area (Å²) in [6.07, 6.45) is 1.03. The minimum atomic E-state index is -2.55. The molecule has 0 aliphatic carbocycles. The van der Waals surface area contributed by atoms with E-state index in [1.807, 2.05) is 6.92 Å². The van der Waals surface area contributed by atoms with Crippen molar-refractivity contribution in [3.05, 3.63) is 60.7 Å². The summed E-state index contributed by atoms with van der Waals surface area (Å²) >= 11 is 0. The number of carboxylic acid groups (broad SMARTS) is 2. The Morgan fingerprint density at radius 3 is 1.47 bits per heavy atom. The van der Waals surface area contributed by atoms with Gasteiger partial charge < -0.3 is 23.5 Å². The predicted octanol–water partition coefficient (Wildman–Crippen LogP) is 3.30. The minimum absolute atomic E-state index is 0. The molecular weight excluding hydrogens is 542 g/mol. The number of benzene rings is 2. The summed E-state index contributed by atoms with van der Waals surface area (Å²) in [5.41, 5.74) is 0. The van der Waals surface area contributed by atoms with Gasteiger partial charge in [-0.25, -0.2) is 0 Å². The Morgan fingerprint density at radius 2 is 1.19 bits per heavy atom. The average Bonchev–Trinajstić information content (AvgIpc) is 2.74. The van der Waals surface area contributed by atoms with Crippen LogP contribution in [0.3, 0.4) is 0 Å². The van der Waals surface area contributed by atoms with Gasteiger partial charge in [0.25, 0.3) is 11.9 Å². The molecule has 0 amide bonds. The molecule has 2 aromatic rings. The van der Waals surface area contributed by atoms with Crippen LogP contribution in [0.5, 0.6) is 0 Å². The first-order valence-corrected chi connectivity index (χ1v) is 13.4. The van der Waals surface area contributed by atoms with Gasteiger partial charge in [-0.05, 0) is 31.2 Å². The molecule has 0 saturated heterocycles. The molecule has 0 aliphatic heterocycles. The molecule has 0 heterocycles. The van der Waals surface area contributed by atoms with Crippen LogP contribution in [0.25, 0.3) is 0 Å². The standard InChI is InChI=1S/C18H25O3PSi.2C2H4O2.Pd/c1-4-21-23(19-2,20-3)16-15-22(17-11-7-5-8-12-17)18-13-9-6-10-14-18;2*1-2(3)4;/h5-14H,4,15-16H2,1-3H3;2*1H3,(H,3,4);/p+1. The topological polar surface area (TPSA) is 102 Å². The number of rotatable bonds is 9. The molecule has 7 nitrogen and oxygen atoms in total. The molecule has 0 radical (unpaired) electrons. The maximum Gasteiger partial charge on any atom is 0.504 e. The van der Waals surface area contributed by atoms with Gasteiger partial charge in [-0.15, -0.1) is 0 Å². The van der Waals surface area contributed by atoms with Gasteiger partial charge in [0.2, 0.25) is 0 Å². The van der Waals surface area contributed by atoms with E-state index in [0.29, 0.717) is 6.61 Å². The molecule has 0 atom stereocenters. The molecule has 182 valence electrons. The van der Waals surface area contributed by atoms with Crippen LogP contribution in [-0.4, -0.2) is 57.9 Å². The van der Waals surface area contributed by atoms with Crippen LogP contribution >= 0.6 is 7.92 Å². The third-order valence-electron chi connectivity index (χ3n) is 3.91. The summed E-state index contributed by atoms with van der Waals surface area (Å²) in [4.78, 5) is 18.0. The maximum absolute atomic E-state index is 9.00. The van der Waals surface area contributed by atoms with Crippen molar-refractivity contribution in [3.8, 4) is 0 Å². The van der Waals surface area contributed by atoms with Gasteiger partial charge in [-0.3, -0.25) is 9.59 Å². The monoisotopic (exact) mass is 575 g/mol. The van der Waals surface area contributed by atoms with Gasteiger partial charge in [-0.1, -0.05) is 36.4 Å². The van der Waals surface area contributed by atoms with Gasteiger partial charge >= 0.3 is 8.80 Å². The minimum Gasteiger partial charge on any atom is -0.481 e. The quantitative estimate of drug-likeness (QED) is 0.349. The molecule has 0 saturated carbocycles. The Bertz CT molecular complexity index is 687. The summed E-state index contributed by atoms with van der Waals surface area (Å²) in [7, 11) is -0.0275. The first-order valence-electron chi connectivity index (χ1n) is 9.81. The van der Waals surface area contributed by atoms with Gasteiger partial charge in [0, 0.05) is 55.1 Å². The molecule has 10 heteroatoms. The zero-order valence-corrected chi connectivity index (χ0v) is 22.7. The summed E-state index contributed by atoms with van der Waals surface area (Å²) < 4.78 is 17.2. The summed E-state index contributed by atoms with van der Waals surface area (Å²) in [6.45, 7) is 4.77. The molecule has 0 bridgehead atoms. The third-order valence-corrected chi connectivity index (χ3v) is 10.1. The van der Waals surface area contributed by atoms with E-state index >= 15 is 0 Å². The second-order valence-electron chi connectivity index (χ2n) is 6.27. The SMILES string of the molecule is CC(=O)O.CC(=O)O.CCO[Si](CC[PH+](c1ccccc1)c1ccccc1)(OC)OC.[Pd]. The Hall–Kier alpha value is -1.43. The molecule has 0 spiro atoms. The van der Waals surface area contributed by atoms with Crippen molar-refractivity contribution in [3.63, 3.8) is 0 Å². The van der Waals surface area contributed by atoms with Crippen LogP contribution in [0.15, 0.2) is 60.7 Å². The van der Waals surface area contributed by atoms with E-state index in [9.17, 15) is 0 Å². The largest absolute Gasteiger partial charge is 0.504 e. The van der Waals surface area contributed by atoms with E-state index in [0.717, 1.165) is 26.1 Å². The van der Waals surface area contributed by atoms with Crippen molar-refractivity contribution in [2.45, 2.75) is 26.8 Å². The average molecular weight is 576 g/mol. The van der Waals surface area contributed by atoms with Gasteiger partial charge in [0.1, 0.15) is 0 Å². The molecule has 2 N–H and O–H groups in total. The van der Waals surface area contributed by atoms with Gasteiger partial charge in [0.15, 0.2) is 0 Å². The van der Waals surface area contributed by atoms with Crippen LogP contribution in [0.1, 0.15) is 20.8 Å². The molecule has 0 fully saturated rings. The van der Waals surface area contributed by atoms with Crippen molar-refractivity contribution in [1.82, 2.24) is 0 Å². The first kappa shape index (κ1) is 32.7. The van der Waals surface area contributed by atoms with Crippen LogP contribution in [0, 0.1) is 0 Å². The molecule has 0 aliphatic rings. The van der Waals surface area contributed by atoms with Crippen LogP contribution < -0.4 is 10.6 Å². The van der Waals surface area contributed by atoms with Crippen LogP contribution in [-0.2, 0) is 43.3 Å². The normalized spacial score (nSPS) is 10.1. The second kappa shape index (κ2) is 19.1. The number of carbonyl (C=O) groups is 2. The van der Waals surface area contributed by atoms with Crippen molar-refractivity contribution in [2.75, 3.05) is 27.0 Å². The third kappa shape index (κ3) is 14.6. The van der Waals surface area contributed by atoms with E-state index in [2.05, 4.69) is 60.7 Å². The van der Waals surface area contributed by atoms with Gasteiger partial charge in [0.05, 0.1) is 30.7 Å². The van der Waals surface area contributed by atoms with E-state index in [4.69, 9.17) is 33.1 Å². The predicted molar refractivity (Wildman–Crippen MR) is 128 cm³/mol. The second-order valence-corrected chi connectivity index (χ2v) is 11.9. The zero-order valence-electron chi connectivity index (χ0n) is 19.1. The fourth-order valence-electron chi connectivity index (χ4n) is 2.71. The van der Waals surface area contributed by atoms with E-state index in [1.54, 1.807) is 14.2 Å². The Kier molecular flexibility index (Phi) is 19.5. The number of aliphatic carboxylic acids is 2. The molecule has 2 rings (SSSR count). The number of hydrogen-bond donors (Lipinski definition) is 2. The van der Waals surface area contributed by atoms with Crippen LogP contribution in [0.2, 0.25) is 6.04 Å². The maximum atomic E-state index is 9.00. The summed E-state index contributed by atoms with van der Waals surface area (Å²) in [5, 5.41) is 17.7. The van der Waals surface area contributed by atoms with Crippen molar-refractivity contribution in [2.24, 2.45) is 0 Å². The van der Waals surface area contributed by atoms with Crippen LogP contribution in [0.4, 0.5) is 0 Å². The van der Waals surface area contributed by atoms with Gasteiger partial charge in [-0.2, -0.15) is 0 Å². The summed E-state index contributed by atoms with van der Waals surface area (Å²) in [5.74, 6) is -1.67. The first-order chi connectivity index (χ1) is 14.7. The van der Waals surface area contributed by atoms with Crippen molar-refractivity contribution in [1.29, 1.82) is 0 Å². The van der Waals surface area contributed by atoms with E-state index in [-0.39, 0.29) is 20.4 Å². The molecule has 32 heavy (non-hydrogen) atoms. The fraction of sp³-hybridized carbons (Fsp3) is 0.364. The number of carboxylic acids is 2. The number of hydrogen-bond acceptors (Lipinski definition) is 5. The van der Waals surface area contributed by atoms with E-state index in [1.165, 1.54) is 10.6 Å². The van der Waals surface area contributed by atoms with Crippen molar-refractivity contribution < 1.29 is 53.5 Å². The zero-order chi connectivity index (χ0) is 23.7.